The highest BCUT2D eigenvalue weighted by molar-refractivity contribution is 7.80. The number of aromatic nitrogens is 2. The molecule has 1 saturated heterocycles. The minimum Gasteiger partial charge on any atom is -0.383 e. The van der Waals surface area contributed by atoms with Crippen LogP contribution in [0.25, 0.3) is 5.69 Å². The normalized spacial score (nSPS) is 15.1. The lowest BCUT2D eigenvalue weighted by molar-refractivity contribution is 0.171. The van der Waals surface area contributed by atoms with E-state index in [-0.39, 0.29) is 0 Å². The fraction of sp³-hybridized carbons (Fsp3) is 0.500. The fourth-order valence-electron chi connectivity index (χ4n) is 3.43. The van der Waals surface area contributed by atoms with Crippen LogP contribution in [-0.2, 0) is 11.3 Å². The summed E-state index contributed by atoms with van der Waals surface area (Å²) >= 11 is 5.48. The molecule has 0 bridgehead atoms. The maximum atomic E-state index is 5.48. The Balaban J connectivity index is 1.58. The molecule has 2 aromatic rings. The number of hydrogen-bond acceptors (Lipinski definition) is 4. The molecule has 0 aliphatic carbocycles. The van der Waals surface area contributed by atoms with Gasteiger partial charge in [-0.05, 0) is 38.2 Å². The Labute approximate surface area is 167 Å². The summed E-state index contributed by atoms with van der Waals surface area (Å²) in [6.45, 7) is 10.5. The minimum absolute atomic E-state index is 0.671. The number of methoxy groups -OCH3 is 1. The highest BCUT2D eigenvalue weighted by Crippen LogP contribution is 2.20. The molecular formula is C20H29N5OS. The van der Waals surface area contributed by atoms with Crippen LogP contribution in [0.2, 0.25) is 0 Å². The fourth-order valence-corrected chi connectivity index (χ4v) is 3.71. The van der Waals surface area contributed by atoms with Crippen molar-refractivity contribution in [3.05, 3.63) is 47.3 Å². The van der Waals surface area contributed by atoms with Crippen LogP contribution in [0.3, 0.4) is 0 Å². The van der Waals surface area contributed by atoms with Gasteiger partial charge in [0.2, 0.25) is 0 Å². The molecule has 1 aromatic carbocycles. The van der Waals surface area contributed by atoms with Gasteiger partial charge in [-0.2, -0.15) is 5.10 Å². The second-order valence-electron chi connectivity index (χ2n) is 6.88. The second-order valence-corrected chi connectivity index (χ2v) is 7.27. The number of ether oxygens (including phenoxy) is 1. The lowest BCUT2D eigenvalue weighted by Gasteiger charge is -2.36. The molecule has 1 aliphatic heterocycles. The van der Waals surface area contributed by atoms with E-state index in [4.69, 9.17) is 22.1 Å². The van der Waals surface area contributed by atoms with E-state index in [9.17, 15) is 0 Å². The van der Waals surface area contributed by atoms with E-state index in [1.165, 1.54) is 11.3 Å². The van der Waals surface area contributed by atoms with Crippen LogP contribution in [0.5, 0.6) is 0 Å². The second kappa shape index (κ2) is 9.30. The number of benzene rings is 1. The highest BCUT2D eigenvalue weighted by atomic mass is 32.1. The average Bonchev–Trinajstić information content (AvgIpc) is 2.97. The van der Waals surface area contributed by atoms with Crippen LogP contribution >= 0.6 is 12.2 Å². The van der Waals surface area contributed by atoms with E-state index in [1.54, 1.807) is 7.11 Å². The third kappa shape index (κ3) is 4.86. The van der Waals surface area contributed by atoms with E-state index in [1.807, 2.05) is 18.2 Å². The number of para-hydroxylation sites is 1. The highest BCUT2D eigenvalue weighted by Gasteiger charge is 2.21. The number of hydrogen-bond donors (Lipinski definition) is 1. The summed E-state index contributed by atoms with van der Waals surface area (Å²) in [7, 11) is 1.70. The number of aryl methyl sites for hydroxylation is 1. The van der Waals surface area contributed by atoms with Crippen LogP contribution < -0.4 is 5.32 Å². The molecular weight excluding hydrogens is 358 g/mol. The summed E-state index contributed by atoms with van der Waals surface area (Å²) in [4.78, 5) is 4.73. The summed E-state index contributed by atoms with van der Waals surface area (Å²) in [5.41, 5.74) is 4.77. The average molecular weight is 388 g/mol. The van der Waals surface area contributed by atoms with Crippen molar-refractivity contribution in [2.45, 2.75) is 20.4 Å². The summed E-state index contributed by atoms with van der Waals surface area (Å²) in [6.07, 6.45) is 0. The summed E-state index contributed by atoms with van der Waals surface area (Å²) in [6, 6.07) is 10.3. The molecule has 2 heterocycles. The monoisotopic (exact) mass is 387 g/mol. The standard InChI is InChI=1S/C20H29N5OS/c1-16-19(17(2)25(22-16)18-7-5-4-6-8-18)15-23-10-12-24(13-11-23)20(27)21-9-14-26-3/h4-8H,9-15H2,1-3H3,(H,21,27). The minimum atomic E-state index is 0.671. The third-order valence-corrected chi connectivity index (χ3v) is 5.47. The first-order valence-corrected chi connectivity index (χ1v) is 9.85. The van der Waals surface area contributed by atoms with Gasteiger partial charge in [0.05, 0.1) is 18.0 Å². The van der Waals surface area contributed by atoms with Crippen molar-refractivity contribution in [3.63, 3.8) is 0 Å². The largest absolute Gasteiger partial charge is 0.383 e. The number of piperazine rings is 1. The number of nitrogens with zero attached hydrogens (tertiary/aromatic N) is 4. The van der Waals surface area contributed by atoms with Gasteiger partial charge in [0.15, 0.2) is 5.11 Å². The number of thiocarbonyl (C=S) groups is 1. The zero-order valence-electron chi connectivity index (χ0n) is 16.4. The first kappa shape index (κ1) is 19.8. The Hall–Kier alpha value is -1.96. The summed E-state index contributed by atoms with van der Waals surface area (Å²) < 4.78 is 7.11. The molecule has 146 valence electrons. The molecule has 0 unspecified atom stereocenters. The topological polar surface area (TPSA) is 45.6 Å². The molecule has 1 fully saturated rings. The molecule has 0 saturated carbocycles. The van der Waals surface area contributed by atoms with Crippen molar-refractivity contribution in [2.24, 2.45) is 0 Å². The van der Waals surface area contributed by atoms with Gasteiger partial charge in [0.1, 0.15) is 0 Å². The van der Waals surface area contributed by atoms with Gasteiger partial charge in [0, 0.05) is 57.6 Å². The van der Waals surface area contributed by atoms with E-state index in [2.05, 4.69) is 45.8 Å². The molecule has 0 atom stereocenters. The van der Waals surface area contributed by atoms with Gasteiger partial charge in [-0.25, -0.2) is 4.68 Å². The molecule has 1 aromatic heterocycles. The summed E-state index contributed by atoms with van der Waals surface area (Å²) in [5, 5.41) is 8.86. The van der Waals surface area contributed by atoms with Crippen LogP contribution in [0, 0.1) is 13.8 Å². The molecule has 0 spiro atoms. The van der Waals surface area contributed by atoms with Crippen LogP contribution in [-0.4, -0.2) is 71.1 Å². The van der Waals surface area contributed by atoms with E-state index in [0.717, 1.165) is 55.8 Å². The smallest absolute Gasteiger partial charge is 0.169 e. The zero-order valence-corrected chi connectivity index (χ0v) is 17.3. The van der Waals surface area contributed by atoms with Gasteiger partial charge < -0.3 is 15.0 Å². The molecule has 1 N–H and O–H groups in total. The van der Waals surface area contributed by atoms with Crippen molar-refractivity contribution >= 4 is 17.3 Å². The molecule has 7 heteroatoms. The van der Waals surface area contributed by atoms with Crippen molar-refractivity contribution in [1.29, 1.82) is 0 Å². The van der Waals surface area contributed by atoms with Crippen LogP contribution in [0.15, 0.2) is 30.3 Å². The molecule has 0 amide bonds. The number of rotatable bonds is 6. The van der Waals surface area contributed by atoms with Crippen molar-refractivity contribution in [1.82, 2.24) is 24.9 Å². The Kier molecular flexibility index (Phi) is 6.82. The maximum absolute atomic E-state index is 5.48. The number of nitrogens with one attached hydrogen (secondary N) is 1. The van der Waals surface area contributed by atoms with Gasteiger partial charge in [-0.15, -0.1) is 0 Å². The molecule has 3 rings (SSSR count). The maximum Gasteiger partial charge on any atom is 0.169 e. The third-order valence-electron chi connectivity index (χ3n) is 5.07. The van der Waals surface area contributed by atoms with Gasteiger partial charge in [0.25, 0.3) is 0 Å². The van der Waals surface area contributed by atoms with Crippen molar-refractivity contribution in [2.75, 3.05) is 46.4 Å². The quantitative estimate of drug-likeness (QED) is 0.605. The predicted molar refractivity (Wildman–Crippen MR) is 112 cm³/mol. The molecule has 1 aliphatic rings. The van der Waals surface area contributed by atoms with E-state index in [0.29, 0.717) is 6.61 Å². The van der Waals surface area contributed by atoms with Gasteiger partial charge in [-0.1, -0.05) is 18.2 Å². The first-order valence-electron chi connectivity index (χ1n) is 9.44. The van der Waals surface area contributed by atoms with Gasteiger partial charge in [-0.3, -0.25) is 4.90 Å². The predicted octanol–water partition coefficient (Wildman–Crippen LogP) is 2.13. The Morgan fingerprint density at radius 3 is 2.52 bits per heavy atom. The Morgan fingerprint density at radius 2 is 1.85 bits per heavy atom. The van der Waals surface area contributed by atoms with Gasteiger partial charge >= 0.3 is 0 Å². The van der Waals surface area contributed by atoms with E-state index >= 15 is 0 Å². The summed E-state index contributed by atoms with van der Waals surface area (Å²) in [5.74, 6) is 0. The lowest BCUT2D eigenvalue weighted by Crippen LogP contribution is -2.51. The lowest BCUT2D eigenvalue weighted by atomic mass is 10.1. The van der Waals surface area contributed by atoms with E-state index < -0.39 is 0 Å². The SMILES string of the molecule is COCCNC(=S)N1CCN(Cc2c(C)nn(-c3ccccc3)c2C)CC1. The molecule has 27 heavy (non-hydrogen) atoms. The van der Waals surface area contributed by atoms with Crippen LogP contribution in [0.4, 0.5) is 0 Å². The van der Waals surface area contributed by atoms with Crippen LogP contribution in [0.1, 0.15) is 17.0 Å². The van der Waals surface area contributed by atoms with Crippen molar-refractivity contribution in [3.8, 4) is 5.69 Å². The Morgan fingerprint density at radius 1 is 1.15 bits per heavy atom. The molecule has 0 radical (unpaired) electrons. The zero-order chi connectivity index (χ0) is 19.2. The van der Waals surface area contributed by atoms with Crippen molar-refractivity contribution < 1.29 is 4.74 Å². The molecule has 6 nitrogen and oxygen atoms in total. The Bertz CT molecular complexity index is 753. The first-order chi connectivity index (χ1) is 13.1.